The zero-order valence-electron chi connectivity index (χ0n) is 17.2. The van der Waals surface area contributed by atoms with Crippen LogP contribution < -0.4 is 14.4 Å². The molecule has 1 amide bonds. The number of nitrogens with one attached hydrogen (secondary N) is 1. The van der Waals surface area contributed by atoms with E-state index in [1.807, 2.05) is 36.6 Å². The van der Waals surface area contributed by atoms with Gasteiger partial charge in [0.2, 0.25) is 10.0 Å². The maximum absolute atomic E-state index is 12.8. The van der Waals surface area contributed by atoms with E-state index >= 15 is 0 Å². The van der Waals surface area contributed by atoms with Crippen molar-refractivity contribution in [1.29, 1.82) is 0 Å². The van der Waals surface area contributed by atoms with Crippen molar-refractivity contribution in [2.24, 2.45) is 0 Å². The molecule has 1 N–H and O–H groups in total. The second kappa shape index (κ2) is 7.91. The van der Waals surface area contributed by atoms with Crippen LogP contribution in [0.4, 0.5) is 11.4 Å². The van der Waals surface area contributed by atoms with Crippen LogP contribution in [-0.4, -0.2) is 39.5 Å². The number of fused-ring (bicyclic) bond motifs is 1. The van der Waals surface area contributed by atoms with Crippen molar-refractivity contribution in [3.63, 3.8) is 0 Å². The standard InChI is InChI=1S/C21H26N2O4S2/c1-21(2,3)14-9-10-18-17(11-14)23(29(5,25)26)13-19(27-18)20(24)22-15-7-6-8-16(12-15)28-4/h6-12,19H,13H2,1-5H3,(H,22,24)/t19-/m0/s1. The molecule has 0 saturated carbocycles. The van der Waals surface area contributed by atoms with Gasteiger partial charge in [-0.05, 0) is 47.6 Å². The predicted octanol–water partition coefficient (Wildman–Crippen LogP) is 3.87. The normalized spacial score (nSPS) is 16.7. The Bertz CT molecular complexity index is 1030. The molecular weight excluding hydrogens is 408 g/mol. The fraction of sp³-hybridized carbons (Fsp3) is 0.381. The molecular formula is C21H26N2O4S2. The van der Waals surface area contributed by atoms with Gasteiger partial charge in [-0.15, -0.1) is 11.8 Å². The van der Waals surface area contributed by atoms with E-state index in [-0.39, 0.29) is 17.9 Å². The van der Waals surface area contributed by atoms with Crippen molar-refractivity contribution < 1.29 is 17.9 Å². The zero-order chi connectivity index (χ0) is 21.4. The van der Waals surface area contributed by atoms with E-state index in [4.69, 9.17) is 4.74 Å². The van der Waals surface area contributed by atoms with Crippen LogP contribution in [-0.2, 0) is 20.2 Å². The lowest BCUT2D eigenvalue weighted by Crippen LogP contribution is -2.48. The fourth-order valence-corrected chi connectivity index (χ4v) is 4.46. The molecule has 1 aliphatic rings. The first kappa shape index (κ1) is 21.5. The highest BCUT2D eigenvalue weighted by Crippen LogP contribution is 2.38. The van der Waals surface area contributed by atoms with E-state index in [9.17, 15) is 13.2 Å². The summed E-state index contributed by atoms with van der Waals surface area (Å²) in [6.45, 7) is 6.10. The number of benzene rings is 2. The zero-order valence-corrected chi connectivity index (χ0v) is 18.9. The first-order valence-corrected chi connectivity index (χ1v) is 12.3. The molecule has 8 heteroatoms. The van der Waals surface area contributed by atoms with Gasteiger partial charge >= 0.3 is 0 Å². The lowest BCUT2D eigenvalue weighted by Gasteiger charge is -2.35. The number of carbonyl (C=O) groups is 1. The maximum Gasteiger partial charge on any atom is 0.267 e. The second-order valence-corrected chi connectivity index (χ2v) is 10.8. The number of anilines is 2. The number of hydrogen-bond donors (Lipinski definition) is 1. The summed E-state index contributed by atoms with van der Waals surface area (Å²) in [4.78, 5) is 13.8. The number of nitrogens with zero attached hydrogens (tertiary/aromatic N) is 1. The SMILES string of the molecule is CSc1cccc(NC(=O)[C@@H]2CN(S(C)(=O)=O)c3cc(C(C)(C)C)ccc3O2)c1. The Morgan fingerprint density at radius 1 is 1.21 bits per heavy atom. The van der Waals surface area contributed by atoms with Gasteiger partial charge in [0.15, 0.2) is 6.10 Å². The number of ether oxygens (including phenoxy) is 1. The van der Waals surface area contributed by atoms with Gasteiger partial charge in [-0.25, -0.2) is 8.42 Å². The molecule has 2 aromatic carbocycles. The third-order valence-electron chi connectivity index (χ3n) is 4.72. The Morgan fingerprint density at radius 3 is 2.55 bits per heavy atom. The van der Waals surface area contributed by atoms with Crippen LogP contribution in [0.3, 0.4) is 0 Å². The largest absolute Gasteiger partial charge is 0.476 e. The van der Waals surface area contributed by atoms with Crippen molar-refractivity contribution in [2.45, 2.75) is 37.2 Å². The van der Waals surface area contributed by atoms with Gasteiger partial charge in [-0.3, -0.25) is 9.10 Å². The molecule has 1 atom stereocenters. The predicted molar refractivity (Wildman–Crippen MR) is 119 cm³/mol. The Hall–Kier alpha value is -2.19. The fourth-order valence-electron chi connectivity index (χ4n) is 3.09. The van der Waals surface area contributed by atoms with E-state index in [1.165, 1.54) is 4.31 Å². The molecule has 0 aromatic heterocycles. The first-order valence-electron chi connectivity index (χ1n) is 9.23. The van der Waals surface area contributed by atoms with Crippen LogP contribution in [0.25, 0.3) is 0 Å². The van der Waals surface area contributed by atoms with Crippen molar-refractivity contribution in [3.05, 3.63) is 48.0 Å². The number of carbonyl (C=O) groups excluding carboxylic acids is 1. The molecule has 0 aliphatic carbocycles. The molecule has 0 bridgehead atoms. The van der Waals surface area contributed by atoms with Crippen LogP contribution in [0.2, 0.25) is 0 Å². The van der Waals surface area contributed by atoms with Gasteiger partial charge in [0.1, 0.15) is 5.75 Å². The molecule has 3 rings (SSSR count). The molecule has 0 spiro atoms. The van der Waals surface area contributed by atoms with E-state index in [0.717, 1.165) is 16.7 Å². The summed E-state index contributed by atoms with van der Waals surface area (Å²) in [6, 6.07) is 12.9. The van der Waals surface area contributed by atoms with Crippen LogP contribution >= 0.6 is 11.8 Å². The van der Waals surface area contributed by atoms with Crippen LogP contribution in [0.1, 0.15) is 26.3 Å². The Morgan fingerprint density at radius 2 is 1.93 bits per heavy atom. The second-order valence-electron chi connectivity index (χ2n) is 8.05. The van der Waals surface area contributed by atoms with Gasteiger partial charge in [0.05, 0.1) is 18.5 Å². The Labute approximate surface area is 176 Å². The molecule has 0 saturated heterocycles. The lowest BCUT2D eigenvalue weighted by atomic mass is 9.86. The number of hydrogen-bond acceptors (Lipinski definition) is 5. The highest BCUT2D eigenvalue weighted by Gasteiger charge is 2.35. The van der Waals surface area contributed by atoms with Gasteiger partial charge < -0.3 is 10.1 Å². The summed E-state index contributed by atoms with van der Waals surface area (Å²) < 4.78 is 32.1. The van der Waals surface area contributed by atoms with E-state index in [0.29, 0.717) is 17.1 Å². The molecule has 1 heterocycles. The Kier molecular flexibility index (Phi) is 5.87. The summed E-state index contributed by atoms with van der Waals surface area (Å²) in [5.74, 6) is -0.00450. The smallest absolute Gasteiger partial charge is 0.267 e. The van der Waals surface area contributed by atoms with Crippen molar-refractivity contribution in [2.75, 3.05) is 28.7 Å². The molecule has 29 heavy (non-hydrogen) atoms. The number of rotatable bonds is 4. The average molecular weight is 435 g/mol. The highest BCUT2D eigenvalue weighted by molar-refractivity contribution is 7.98. The number of amides is 1. The van der Waals surface area contributed by atoms with E-state index in [1.54, 1.807) is 23.9 Å². The summed E-state index contributed by atoms with van der Waals surface area (Å²) in [6.07, 6.45) is 2.15. The third-order valence-corrected chi connectivity index (χ3v) is 6.60. The van der Waals surface area contributed by atoms with Crippen molar-refractivity contribution in [3.8, 4) is 5.75 Å². The topological polar surface area (TPSA) is 75.7 Å². The van der Waals surface area contributed by atoms with E-state index < -0.39 is 16.1 Å². The Balaban J connectivity index is 1.91. The minimum atomic E-state index is -3.58. The third kappa shape index (κ3) is 4.87. The van der Waals surface area contributed by atoms with Crippen LogP contribution in [0, 0.1) is 0 Å². The summed E-state index contributed by atoms with van der Waals surface area (Å²) >= 11 is 1.57. The average Bonchev–Trinajstić information content (AvgIpc) is 2.65. The summed E-state index contributed by atoms with van der Waals surface area (Å²) in [7, 11) is -3.58. The molecule has 2 aromatic rings. The van der Waals surface area contributed by atoms with Gasteiger partial charge in [-0.2, -0.15) is 0 Å². The van der Waals surface area contributed by atoms with E-state index in [2.05, 4.69) is 26.1 Å². The van der Waals surface area contributed by atoms with Gasteiger partial charge in [0, 0.05) is 10.6 Å². The first-order chi connectivity index (χ1) is 13.5. The monoisotopic (exact) mass is 434 g/mol. The summed E-state index contributed by atoms with van der Waals surface area (Å²) in [5.41, 5.74) is 1.96. The van der Waals surface area contributed by atoms with Gasteiger partial charge in [-0.1, -0.05) is 32.9 Å². The van der Waals surface area contributed by atoms with Crippen molar-refractivity contribution >= 4 is 39.1 Å². The molecule has 0 radical (unpaired) electrons. The molecule has 0 fully saturated rings. The number of sulfonamides is 1. The van der Waals surface area contributed by atoms with Gasteiger partial charge in [0.25, 0.3) is 5.91 Å². The molecule has 0 unspecified atom stereocenters. The summed E-state index contributed by atoms with van der Waals surface area (Å²) in [5, 5.41) is 2.83. The van der Waals surface area contributed by atoms with Crippen LogP contribution in [0.5, 0.6) is 5.75 Å². The van der Waals surface area contributed by atoms with Crippen LogP contribution in [0.15, 0.2) is 47.4 Å². The molecule has 1 aliphatic heterocycles. The highest BCUT2D eigenvalue weighted by atomic mass is 32.2. The quantitative estimate of drug-likeness (QED) is 0.740. The minimum Gasteiger partial charge on any atom is -0.476 e. The maximum atomic E-state index is 12.8. The molecule has 6 nitrogen and oxygen atoms in total. The minimum absolute atomic E-state index is 0.0759. The lowest BCUT2D eigenvalue weighted by molar-refractivity contribution is -0.122. The number of thioether (sulfide) groups is 1. The molecule has 156 valence electrons. The van der Waals surface area contributed by atoms with Crippen molar-refractivity contribution in [1.82, 2.24) is 0 Å².